The monoisotopic (exact) mass is 659 g/mol. The van der Waals surface area contributed by atoms with E-state index in [9.17, 15) is 28.0 Å². The second-order valence-corrected chi connectivity index (χ2v) is 11.8. The van der Waals surface area contributed by atoms with Gasteiger partial charge in [0.2, 0.25) is 5.91 Å². The molecule has 47 heavy (non-hydrogen) atoms. The summed E-state index contributed by atoms with van der Waals surface area (Å²) < 4.78 is 45.6. The van der Waals surface area contributed by atoms with Crippen molar-refractivity contribution >= 4 is 29.7 Å². The fourth-order valence-corrected chi connectivity index (χ4v) is 4.12. The molecular weight excluding hydrogens is 616 g/mol. The molecule has 256 valence electrons. The maximum atomic E-state index is 14.7. The molecule has 3 rings (SSSR count). The largest absolute Gasteiger partial charge is 0.464 e. The van der Waals surface area contributed by atoms with Crippen molar-refractivity contribution in [2.75, 3.05) is 18.5 Å². The third kappa shape index (κ3) is 11.5. The molecule has 0 aliphatic carbocycles. The molecule has 1 heterocycles. The molecule has 0 aliphatic heterocycles. The van der Waals surface area contributed by atoms with Crippen molar-refractivity contribution in [2.45, 2.75) is 78.8 Å². The van der Waals surface area contributed by atoms with Crippen molar-refractivity contribution in [2.24, 2.45) is 0 Å². The number of halogens is 2. The lowest BCUT2D eigenvalue weighted by atomic mass is 10.0. The van der Waals surface area contributed by atoms with Gasteiger partial charge < -0.3 is 34.7 Å². The molecule has 3 N–H and O–H groups in total. The van der Waals surface area contributed by atoms with Crippen LogP contribution in [0.2, 0.25) is 0 Å². The SMILES string of the molecule is C.CCOC(=O)C(c1ccc(F)cc1F)n1cnc(NC(=O)[C@@H](COCc2ccccc2)NC(=O)C(C)(C)NC(=O)OC(C)(C)C)c1. The molecule has 3 amide bonds. The zero-order chi connectivity index (χ0) is 34.1. The molecule has 0 fully saturated rings. The topological polar surface area (TPSA) is 150 Å². The lowest BCUT2D eigenvalue weighted by Gasteiger charge is -2.29. The molecule has 0 radical (unpaired) electrons. The second kappa shape index (κ2) is 16.6. The molecule has 1 aromatic heterocycles. The molecule has 0 spiro atoms. The average Bonchev–Trinajstić information content (AvgIpc) is 3.40. The van der Waals surface area contributed by atoms with Gasteiger partial charge in [-0.1, -0.05) is 43.8 Å². The maximum absolute atomic E-state index is 14.7. The Labute approximate surface area is 273 Å². The van der Waals surface area contributed by atoms with Crippen LogP contribution in [0.15, 0.2) is 61.1 Å². The highest BCUT2D eigenvalue weighted by Crippen LogP contribution is 2.25. The molecule has 1 unspecified atom stereocenters. The second-order valence-electron chi connectivity index (χ2n) is 11.8. The van der Waals surface area contributed by atoms with Crippen molar-refractivity contribution in [1.29, 1.82) is 0 Å². The molecule has 2 atom stereocenters. The number of aromatic nitrogens is 2. The van der Waals surface area contributed by atoms with Crippen LogP contribution >= 0.6 is 0 Å². The van der Waals surface area contributed by atoms with E-state index in [-0.39, 0.29) is 38.6 Å². The van der Waals surface area contributed by atoms with Gasteiger partial charge in [0.25, 0.3) is 5.91 Å². The van der Waals surface area contributed by atoms with Crippen LogP contribution in [0, 0.1) is 11.6 Å². The predicted octanol–water partition coefficient (Wildman–Crippen LogP) is 4.89. The Bertz CT molecular complexity index is 1520. The van der Waals surface area contributed by atoms with E-state index in [1.807, 2.05) is 30.3 Å². The molecule has 0 aliphatic rings. The Morgan fingerprint density at radius 2 is 1.68 bits per heavy atom. The smallest absolute Gasteiger partial charge is 0.408 e. The van der Waals surface area contributed by atoms with Gasteiger partial charge >= 0.3 is 12.1 Å². The van der Waals surface area contributed by atoms with E-state index in [0.29, 0.717) is 6.07 Å². The van der Waals surface area contributed by atoms with Gasteiger partial charge in [-0.2, -0.15) is 0 Å². The summed E-state index contributed by atoms with van der Waals surface area (Å²) in [7, 11) is 0. The van der Waals surface area contributed by atoms with Gasteiger partial charge in [-0.05, 0) is 53.2 Å². The standard InChI is InChI=1S/C32H39F2N5O7.CH4/c1-7-45-28(41)26(22-14-13-21(33)15-23(22)34)39-16-25(35-19-39)37-27(40)24(18-44-17-20-11-9-8-10-12-20)36-29(42)32(5,6)38-30(43)46-31(2,3)4;/h8-16,19,24,26H,7,17-18H2,1-6H3,(H,36,42)(H,37,40)(H,38,43);1H4/t24-,26?;/m1./s1. The third-order valence-corrected chi connectivity index (χ3v) is 6.32. The zero-order valence-corrected chi connectivity index (χ0v) is 26.6. The van der Waals surface area contributed by atoms with E-state index in [0.717, 1.165) is 17.7 Å². The van der Waals surface area contributed by atoms with Crippen LogP contribution in [0.5, 0.6) is 0 Å². The Hall–Kier alpha value is -4.85. The van der Waals surface area contributed by atoms with Crippen molar-refractivity contribution in [3.8, 4) is 0 Å². The molecule has 3 aromatic rings. The lowest BCUT2D eigenvalue weighted by molar-refractivity contribution is -0.145. The Balaban J connectivity index is 0.00000768. The highest BCUT2D eigenvalue weighted by Gasteiger charge is 2.35. The molecule has 0 saturated carbocycles. The summed E-state index contributed by atoms with van der Waals surface area (Å²) in [6, 6.07) is 9.29. The van der Waals surface area contributed by atoms with Gasteiger partial charge in [0, 0.05) is 17.8 Å². The van der Waals surface area contributed by atoms with Gasteiger partial charge in [0.05, 0.1) is 26.1 Å². The van der Waals surface area contributed by atoms with Crippen LogP contribution in [0.3, 0.4) is 0 Å². The zero-order valence-electron chi connectivity index (χ0n) is 26.6. The van der Waals surface area contributed by atoms with Crippen LogP contribution in [0.4, 0.5) is 19.4 Å². The Morgan fingerprint density at radius 1 is 1.00 bits per heavy atom. The normalized spacial score (nSPS) is 12.6. The maximum Gasteiger partial charge on any atom is 0.408 e. The summed E-state index contributed by atoms with van der Waals surface area (Å²) >= 11 is 0. The van der Waals surface area contributed by atoms with E-state index in [1.54, 1.807) is 27.7 Å². The van der Waals surface area contributed by atoms with E-state index in [2.05, 4.69) is 20.9 Å². The third-order valence-electron chi connectivity index (χ3n) is 6.32. The number of carbonyl (C=O) groups excluding carboxylic acids is 4. The molecule has 14 heteroatoms. The number of benzene rings is 2. The summed E-state index contributed by atoms with van der Waals surface area (Å²) in [4.78, 5) is 56.0. The number of nitrogens with one attached hydrogen (secondary N) is 3. The van der Waals surface area contributed by atoms with E-state index >= 15 is 0 Å². The minimum Gasteiger partial charge on any atom is -0.464 e. The molecule has 0 bridgehead atoms. The fraction of sp³-hybridized carbons (Fsp3) is 0.424. The number of hydrogen-bond donors (Lipinski definition) is 3. The summed E-state index contributed by atoms with van der Waals surface area (Å²) in [6.45, 7) is 9.37. The molecule has 12 nitrogen and oxygen atoms in total. The fourth-order valence-electron chi connectivity index (χ4n) is 4.12. The minimum absolute atomic E-state index is 0. The predicted molar refractivity (Wildman–Crippen MR) is 170 cm³/mol. The Kier molecular flexibility index (Phi) is 13.6. The summed E-state index contributed by atoms with van der Waals surface area (Å²) in [5.74, 6) is -4.12. The number of rotatable bonds is 13. The van der Waals surface area contributed by atoms with E-state index in [1.165, 1.54) is 30.9 Å². The van der Waals surface area contributed by atoms with Crippen LogP contribution < -0.4 is 16.0 Å². The number of amides is 3. The van der Waals surface area contributed by atoms with Crippen LogP contribution in [0.1, 0.15) is 66.1 Å². The van der Waals surface area contributed by atoms with Gasteiger partial charge in [-0.15, -0.1) is 0 Å². The number of hydrogen-bond acceptors (Lipinski definition) is 8. The van der Waals surface area contributed by atoms with Crippen molar-refractivity contribution in [3.63, 3.8) is 0 Å². The number of ether oxygens (including phenoxy) is 3. The lowest BCUT2D eigenvalue weighted by Crippen LogP contribution is -2.59. The van der Waals surface area contributed by atoms with E-state index in [4.69, 9.17) is 14.2 Å². The molecule has 0 saturated heterocycles. The van der Waals surface area contributed by atoms with Gasteiger partial charge in [-0.25, -0.2) is 23.4 Å². The van der Waals surface area contributed by atoms with Crippen LogP contribution in [-0.4, -0.2) is 63.8 Å². The first kappa shape index (κ1) is 38.3. The number of imidazole rings is 1. The summed E-state index contributed by atoms with van der Waals surface area (Å²) in [5.41, 5.74) is -1.64. The van der Waals surface area contributed by atoms with Gasteiger partial charge in [0.15, 0.2) is 11.9 Å². The number of nitrogens with zero attached hydrogens (tertiary/aromatic N) is 2. The highest BCUT2D eigenvalue weighted by atomic mass is 19.1. The highest BCUT2D eigenvalue weighted by molar-refractivity contribution is 5.98. The van der Waals surface area contributed by atoms with Crippen molar-refractivity contribution < 1.29 is 42.2 Å². The van der Waals surface area contributed by atoms with Gasteiger partial charge in [0.1, 0.15) is 28.8 Å². The minimum atomic E-state index is -1.49. The first-order valence-electron chi connectivity index (χ1n) is 14.5. The number of esters is 1. The summed E-state index contributed by atoms with van der Waals surface area (Å²) in [5, 5.41) is 7.64. The number of carbonyl (C=O) groups is 4. The van der Waals surface area contributed by atoms with Crippen molar-refractivity contribution in [1.82, 2.24) is 20.2 Å². The Morgan fingerprint density at radius 3 is 2.30 bits per heavy atom. The average molecular weight is 660 g/mol. The first-order valence-corrected chi connectivity index (χ1v) is 14.5. The van der Waals surface area contributed by atoms with Crippen molar-refractivity contribution in [3.05, 3.63) is 83.8 Å². The molecular formula is C33H43F2N5O7. The van der Waals surface area contributed by atoms with Gasteiger partial charge in [-0.3, -0.25) is 9.59 Å². The molecule has 2 aromatic carbocycles. The first-order chi connectivity index (χ1) is 21.6. The van der Waals surface area contributed by atoms with Crippen LogP contribution in [0.25, 0.3) is 0 Å². The quantitative estimate of drug-likeness (QED) is 0.220. The van der Waals surface area contributed by atoms with Crippen LogP contribution in [-0.2, 0) is 35.2 Å². The summed E-state index contributed by atoms with van der Waals surface area (Å²) in [6.07, 6.45) is 1.61. The number of anilines is 1. The number of alkyl carbamates (subject to hydrolysis) is 1. The van der Waals surface area contributed by atoms with E-state index < -0.39 is 58.7 Å².